The zero-order valence-corrected chi connectivity index (χ0v) is 15.2. The summed E-state index contributed by atoms with van der Waals surface area (Å²) in [6.07, 6.45) is 5.57. The smallest absolute Gasteiger partial charge is 0.251 e. The topological polar surface area (TPSA) is 66.5 Å². The van der Waals surface area contributed by atoms with Crippen molar-refractivity contribution in [1.82, 2.24) is 4.90 Å². The Hall–Kier alpha value is -2.43. The first-order valence-electron chi connectivity index (χ1n) is 8.83. The molecule has 1 saturated heterocycles. The molecule has 1 aliphatic heterocycles. The molecule has 5 heteroatoms. The third kappa shape index (κ3) is 5.02. The van der Waals surface area contributed by atoms with Crippen LogP contribution in [0.15, 0.2) is 35.9 Å². The van der Waals surface area contributed by atoms with Crippen molar-refractivity contribution in [3.8, 4) is 0 Å². The van der Waals surface area contributed by atoms with Gasteiger partial charge in [0.25, 0.3) is 5.91 Å². The van der Waals surface area contributed by atoms with E-state index in [2.05, 4.69) is 12.2 Å². The molecule has 0 radical (unpaired) electrons. The van der Waals surface area contributed by atoms with E-state index < -0.39 is 0 Å². The van der Waals surface area contributed by atoms with E-state index in [9.17, 15) is 14.4 Å². The summed E-state index contributed by atoms with van der Waals surface area (Å²) in [4.78, 5) is 37.9. The fraction of sp³-hybridized carbons (Fsp3) is 0.450. The molecular formula is C20H26N2O3. The number of anilines is 1. The molecule has 2 amide bonds. The van der Waals surface area contributed by atoms with Crippen LogP contribution in [0, 0.1) is 0 Å². The molecule has 1 heterocycles. The van der Waals surface area contributed by atoms with E-state index in [1.54, 1.807) is 31.2 Å². The highest BCUT2D eigenvalue weighted by atomic mass is 16.2. The maximum absolute atomic E-state index is 12.5. The van der Waals surface area contributed by atoms with Gasteiger partial charge in [0.1, 0.15) is 0 Å². The lowest BCUT2D eigenvalue weighted by Crippen LogP contribution is -2.42. The third-order valence-corrected chi connectivity index (χ3v) is 4.63. The van der Waals surface area contributed by atoms with Crippen LogP contribution in [0.1, 0.15) is 56.8 Å². The first-order valence-corrected chi connectivity index (χ1v) is 8.83. The third-order valence-electron chi connectivity index (χ3n) is 4.63. The molecule has 1 aliphatic rings. The molecule has 2 rings (SSSR count). The predicted molar refractivity (Wildman–Crippen MR) is 98.5 cm³/mol. The highest BCUT2D eigenvalue weighted by Gasteiger charge is 2.24. The molecule has 1 fully saturated rings. The standard InChI is InChI=1S/C20H26N2O3/c1-4-18-7-5-6-12-22(18)19(24)13-14(2)20(25)21-17-10-8-16(9-11-17)15(3)23/h8-11,13,18H,4-7,12H2,1-3H3,(H,21,25)/b14-13-. The summed E-state index contributed by atoms with van der Waals surface area (Å²) in [7, 11) is 0. The quantitative estimate of drug-likeness (QED) is 0.657. The lowest BCUT2D eigenvalue weighted by molar-refractivity contribution is -0.130. The van der Waals surface area contributed by atoms with Crippen molar-refractivity contribution in [2.45, 2.75) is 52.5 Å². The molecule has 1 atom stereocenters. The van der Waals surface area contributed by atoms with Gasteiger partial charge in [-0.05, 0) is 63.8 Å². The van der Waals surface area contributed by atoms with Crippen molar-refractivity contribution in [3.63, 3.8) is 0 Å². The minimum Gasteiger partial charge on any atom is -0.336 e. The average molecular weight is 342 g/mol. The number of piperidine rings is 1. The van der Waals surface area contributed by atoms with Crippen LogP contribution < -0.4 is 5.32 Å². The van der Waals surface area contributed by atoms with Gasteiger partial charge in [-0.25, -0.2) is 0 Å². The Labute approximate surface area is 149 Å². The fourth-order valence-corrected chi connectivity index (χ4v) is 3.07. The minimum atomic E-state index is -0.311. The maximum atomic E-state index is 12.5. The van der Waals surface area contributed by atoms with E-state index in [4.69, 9.17) is 0 Å². The second-order valence-corrected chi connectivity index (χ2v) is 6.50. The summed E-state index contributed by atoms with van der Waals surface area (Å²) >= 11 is 0. The van der Waals surface area contributed by atoms with Crippen LogP contribution in [0.25, 0.3) is 0 Å². The van der Waals surface area contributed by atoms with Gasteiger partial charge in [0.15, 0.2) is 5.78 Å². The molecule has 1 aromatic rings. The first kappa shape index (κ1) is 18.9. The fourth-order valence-electron chi connectivity index (χ4n) is 3.07. The normalized spacial score (nSPS) is 18.0. The second kappa shape index (κ2) is 8.60. The van der Waals surface area contributed by atoms with Crippen molar-refractivity contribution < 1.29 is 14.4 Å². The number of likely N-dealkylation sites (tertiary alicyclic amines) is 1. The van der Waals surface area contributed by atoms with Crippen LogP contribution in [0.4, 0.5) is 5.69 Å². The van der Waals surface area contributed by atoms with Crippen molar-refractivity contribution >= 4 is 23.3 Å². The number of nitrogens with one attached hydrogen (secondary N) is 1. The van der Waals surface area contributed by atoms with Gasteiger partial charge in [0.2, 0.25) is 5.91 Å². The molecule has 1 N–H and O–H groups in total. The Balaban J connectivity index is 2.01. The number of rotatable bonds is 5. The molecule has 25 heavy (non-hydrogen) atoms. The lowest BCUT2D eigenvalue weighted by Gasteiger charge is -2.34. The molecule has 0 saturated carbocycles. The number of amides is 2. The van der Waals surface area contributed by atoms with Crippen LogP contribution >= 0.6 is 0 Å². The van der Waals surface area contributed by atoms with Gasteiger partial charge in [-0.1, -0.05) is 6.92 Å². The Kier molecular flexibility index (Phi) is 6.51. The molecule has 0 spiro atoms. The summed E-state index contributed by atoms with van der Waals surface area (Å²) in [5, 5.41) is 2.75. The van der Waals surface area contributed by atoms with Gasteiger partial charge in [0.05, 0.1) is 0 Å². The molecular weight excluding hydrogens is 316 g/mol. The Morgan fingerprint density at radius 3 is 2.44 bits per heavy atom. The second-order valence-electron chi connectivity index (χ2n) is 6.50. The van der Waals surface area contributed by atoms with Crippen LogP contribution in [0.3, 0.4) is 0 Å². The van der Waals surface area contributed by atoms with Gasteiger partial charge in [-0.3, -0.25) is 14.4 Å². The number of carbonyl (C=O) groups is 3. The zero-order chi connectivity index (χ0) is 18.4. The first-order chi connectivity index (χ1) is 11.9. The van der Waals surface area contributed by atoms with Gasteiger partial charge in [0, 0.05) is 35.5 Å². The number of nitrogens with zero attached hydrogens (tertiary/aromatic N) is 1. The zero-order valence-electron chi connectivity index (χ0n) is 15.2. The monoisotopic (exact) mass is 342 g/mol. The molecule has 0 bridgehead atoms. The van der Waals surface area contributed by atoms with Crippen LogP contribution in [0.5, 0.6) is 0 Å². The molecule has 0 aromatic heterocycles. The summed E-state index contributed by atoms with van der Waals surface area (Å²) in [6.45, 7) is 5.98. The average Bonchev–Trinajstić information content (AvgIpc) is 2.61. The molecule has 5 nitrogen and oxygen atoms in total. The number of carbonyl (C=O) groups excluding carboxylic acids is 3. The highest BCUT2D eigenvalue weighted by Crippen LogP contribution is 2.20. The van der Waals surface area contributed by atoms with Gasteiger partial charge in [-0.15, -0.1) is 0 Å². The molecule has 0 aliphatic carbocycles. The van der Waals surface area contributed by atoms with Crippen LogP contribution in [-0.2, 0) is 9.59 Å². The minimum absolute atomic E-state index is 0.0217. The van der Waals surface area contributed by atoms with Gasteiger partial charge < -0.3 is 10.2 Å². The summed E-state index contributed by atoms with van der Waals surface area (Å²) in [5.41, 5.74) is 1.57. The van der Waals surface area contributed by atoms with Gasteiger partial charge in [-0.2, -0.15) is 0 Å². The predicted octanol–water partition coefficient (Wildman–Crippen LogP) is 3.57. The molecule has 1 unspecified atom stereocenters. The van der Waals surface area contributed by atoms with Crippen LogP contribution in [0.2, 0.25) is 0 Å². The molecule has 134 valence electrons. The van der Waals surface area contributed by atoms with E-state index in [-0.39, 0.29) is 23.6 Å². The van der Waals surface area contributed by atoms with E-state index >= 15 is 0 Å². The number of Topliss-reactive ketones (excluding diaryl/α,β-unsaturated/α-hetero) is 1. The van der Waals surface area contributed by atoms with E-state index in [0.717, 1.165) is 32.2 Å². The van der Waals surface area contributed by atoms with E-state index in [0.29, 0.717) is 16.8 Å². The van der Waals surface area contributed by atoms with Crippen LogP contribution in [-0.4, -0.2) is 35.1 Å². The summed E-state index contributed by atoms with van der Waals surface area (Å²) in [6, 6.07) is 6.97. The number of hydrogen-bond donors (Lipinski definition) is 1. The Morgan fingerprint density at radius 1 is 1.16 bits per heavy atom. The Morgan fingerprint density at radius 2 is 1.84 bits per heavy atom. The largest absolute Gasteiger partial charge is 0.336 e. The lowest BCUT2D eigenvalue weighted by atomic mass is 10.00. The van der Waals surface area contributed by atoms with Crippen molar-refractivity contribution in [2.24, 2.45) is 0 Å². The summed E-state index contributed by atoms with van der Waals surface area (Å²) < 4.78 is 0. The maximum Gasteiger partial charge on any atom is 0.251 e. The van der Waals surface area contributed by atoms with E-state index in [1.807, 2.05) is 4.90 Å². The highest BCUT2D eigenvalue weighted by molar-refractivity contribution is 6.07. The number of ketones is 1. The van der Waals surface area contributed by atoms with Crippen molar-refractivity contribution in [2.75, 3.05) is 11.9 Å². The molecule has 1 aromatic carbocycles. The number of benzene rings is 1. The SMILES string of the molecule is CCC1CCCCN1C(=O)/C=C(/C)C(=O)Nc1ccc(C(C)=O)cc1. The van der Waals surface area contributed by atoms with Crippen molar-refractivity contribution in [1.29, 1.82) is 0 Å². The number of hydrogen-bond acceptors (Lipinski definition) is 3. The van der Waals surface area contributed by atoms with E-state index in [1.165, 1.54) is 13.0 Å². The van der Waals surface area contributed by atoms with Crippen molar-refractivity contribution in [3.05, 3.63) is 41.5 Å². The van der Waals surface area contributed by atoms with Gasteiger partial charge >= 0.3 is 0 Å². The Bertz CT molecular complexity index is 677. The summed E-state index contributed by atoms with van der Waals surface area (Å²) in [5.74, 6) is -0.424.